The van der Waals surface area contributed by atoms with Gasteiger partial charge in [-0.15, -0.1) is 0 Å². The monoisotopic (exact) mass is 329 g/mol. The van der Waals surface area contributed by atoms with Gasteiger partial charge in [0.25, 0.3) is 5.91 Å². The third kappa shape index (κ3) is 2.64. The second-order valence-corrected chi connectivity index (χ2v) is 5.93. The Bertz CT molecular complexity index is 834. The molecule has 1 aromatic carbocycles. The van der Waals surface area contributed by atoms with E-state index in [-0.39, 0.29) is 11.6 Å². The molecular formula is C17H16ClN3O2. The molecule has 0 bridgehead atoms. The largest absolute Gasteiger partial charge is 0.352 e. The van der Waals surface area contributed by atoms with Gasteiger partial charge in [0.1, 0.15) is 5.70 Å². The molecule has 0 radical (unpaired) electrons. The van der Waals surface area contributed by atoms with E-state index >= 15 is 0 Å². The first-order chi connectivity index (χ1) is 10.9. The summed E-state index contributed by atoms with van der Waals surface area (Å²) in [4.78, 5) is 25.8. The van der Waals surface area contributed by atoms with E-state index in [1.165, 1.54) is 0 Å². The SMILES string of the molecule is Cc1cc(/C=C2/NC(=O)N(c3ccc(Cl)cc3)C2=O)c(C)n1C. The topological polar surface area (TPSA) is 54.3 Å². The first kappa shape index (κ1) is 15.4. The molecule has 0 spiro atoms. The number of rotatable bonds is 2. The lowest BCUT2D eigenvalue weighted by molar-refractivity contribution is -0.113. The molecule has 0 unspecified atom stereocenters. The Labute approximate surface area is 139 Å². The van der Waals surface area contributed by atoms with Crippen LogP contribution < -0.4 is 10.2 Å². The van der Waals surface area contributed by atoms with Crippen LogP contribution >= 0.6 is 11.6 Å². The van der Waals surface area contributed by atoms with Gasteiger partial charge in [-0.2, -0.15) is 0 Å². The van der Waals surface area contributed by atoms with E-state index in [0.717, 1.165) is 21.9 Å². The van der Waals surface area contributed by atoms with Gasteiger partial charge in [-0.3, -0.25) is 4.79 Å². The number of hydrogen-bond donors (Lipinski definition) is 1. The lowest BCUT2D eigenvalue weighted by Crippen LogP contribution is -2.30. The Morgan fingerprint density at radius 2 is 1.78 bits per heavy atom. The number of amides is 3. The molecule has 1 saturated heterocycles. The van der Waals surface area contributed by atoms with Crippen molar-refractivity contribution in [3.05, 3.63) is 58.0 Å². The molecule has 0 aliphatic carbocycles. The fourth-order valence-corrected chi connectivity index (χ4v) is 2.67. The predicted molar refractivity (Wildman–Crippen MR) is 90.3 cm³/mol. The van der Waals surface area contributed by atoms with Crippen LogP contribution in [0.5, 0.6) is 0 Å². The molecule has 1 aliphatic rings. The highest BCUT2D eigenvalue weighted by atomic mass is 35.5. The van der Waals surface area contributed by atoms with Crippen LogP contribution in [0.15, 0.2) is 36.0 Å². The maximum Gasteiger partial charge on any atom is 0.333 e. The van der Waals surface area contributed by atoms with E-state index in [2.05, 4.69) is 5.32 Å². The summed E-state index contributed by atoms with van der Waals surface area (Å²) in [6.07, 6.45) is 1.71. The maximum atomic E-state index is 12.5. The van der Waals surface area contributed by atoms with E-state index in [9.17, 15) is 9.59 Å². The van der Waals surface area contributed by atoms with Gasteiger partial charge >= 0.3 is 6.03 Å². The number of halogens is 1. The third-order valence-electron chi connectivity index (χ3n) is 4.08. The number of benzene rings is 1. The van der Waals surface area contributed by atoms with Gasteiger partial charge in [0, 0.05) is 23.5 Å². The summed E-state index contributed by atoms with van der Waals surface area (Å²) in [5, 5.41) is 3.18. The zero-order chi connectivity index (χ0) is 16.7. The Balaban J connectivity index is 1.96. The molecule has 0 saturated carbocycles. The molecule has 6 heteroatoms. The molecule has 2 aromatic rings. The van der Waals surface area contributed by atoms with Crippen LogP contribution in [0.4, 0.5) is 10.5 Å². The summed E-state index contributed by atoms with van der Waals surface area (Å²) < 4.78 is 2.03. The highest BCUT2D eigenvalue weighted by molar-refractivity contribution is 6.31. The summed E-state index contributed by atoms with van der Waals surface area (Å²) in [7, 11) is 1.96. The average molecular weight is 330 g/mol. The summed E-state index contributed by atoms with van der Waals surface area (Å²) in [6, 6.07) is 8.08. The summed E-state index contributed by atoms with van der Waals surface area (Å²) in [5.74, 6) is -0.377. The van der Waals surface area contributed by atoms with Crippen LogP contribution in [0.2, 0.25) is 5.02 Å². The normalized spacial score (nSPS) is 16.3. The number of nitrogens with zero attached hydrogens (tertiary/aromatic N) is 2. The minimum absolute atomic E-state index is 0.263. The molecule has 3 rings (SSSR count). The Morgan fingerprint density at radius 3 is 2.35 bits per heavy atom. The number of imide groups is 1. The maximum absolute atomic E-state index is 12.5. The lowest BCUT2D eigenvalue weighted by Gasteiger charge is -2.11. The molecule has 5 nitrogen and oxygen atoms in total. The molecule has 1 fully saturated rings. The second kappa shape index (κ2) is 5.59. The van der Waals surface area contributed by atoms with Crippen LogP contribution in [-0.4, -0.2) is 16.5 Å². The molecule has 1 aliphatic heterocycles. The van der Waals surface area contributed by atoms with E-state index in [1.807, 2.05) is 31.5 Å². The highest BCUT2D eigenvalue weighted by Gasteiger charge is 2.34. The number of carbonyl (C=O) groups is 2. The van der Waals surface area contributed by atoms with Crippen molar-refractivity contribution in [2.75, 3.05) is 4.90 Å². The Kier molecular flexibility index (Phi) is 3.74. The number of nitrogens with one attached hydrogen (secondary N) is 1. The van der Waals surface area contributed by atoms with E-state index < -0.39 is 6.03 Å². The molecule has 1 aromatic heterocycles. The number of anilines is 1. The van der Waals surface area contributed by atoms with E-state index in [1.54, 1.807) is 30.3 Å². The number of urea groups is 1. The van der Waals surface area contributed by atoms with Gasteiger partial charge in [-0.1, -0.05) is 11.6 Å². The van der Waals surface area contributed by atoms with Crippen LogP contribution in [-0.2, 0) is 11.8 Å². The van der Waals surface area contributed by atoms with Gasteiger partial charge in [0.05, 0.1) is 5.69 Å². The first-order valence-corrected chi connectivity index (χ1v) is 7.52. The van der Waals surface area contributed by atoms with Crippen molar-refractivity contribution in [1.29, 1.82) is 0 Å². The third-order valence-corrected chi connectivity index (χ3v) is 4.33. The average Bonchev–Trinajstić information content (AvgIpc) is 2.92. The minimum Gasteiger partial charge on any atom is -0.352 e. The molecular weight excluding hydrogens is 314 g/mol. The number of hydrogen-bond acceptors (Lipinski definition) is 2. The quantitative estimate of drug-likeness (QED) is 0.678. The van der Waals surface area contributed by atoms with Crippen molar-refractivity contribution >= 4 is 35.3 Å². The zero-order valence-corrected chi connectivity index (χ0v) is 13.8. The van der Waals surface area contributed by atoms with Crippen molar-refractivity contribution in [3.8, 4) is 0 Å². The minimum atomic E-state index is -0.464. The second-order valence-electron chi connectivity index (χ2n) is 5.49. The molecule has 23 heavy (non-hydrogen) atoms. The molecule has 1 N–H and O–H groups in total. The Morgan fingerprint density at radius 1 is 1.13 bits per heavy atom. The lowest BCUT2D eigenvalue weighted by atomic mass is 10.2. The summed E-state index contributed by atoms with van der Waals surface area (Å²) in [6.45, 7) is 3.96. The van der Waals surface area contributed by atoms with Crippen LogP contribution in [0, 0.1) is 13.8 Å². The summed E-state index contributed by atoms with van der Waals surface area (Å²) >= 11 is 5.84. The van der Waals surface area contributed by atoms with Crippen molar-refractivity contribution in [3.63, 3.8) is 0 Å². The van der Waals surface area contributed by atoms with Gasteiger partial charge in [-0.05, 0) is 55.8 Å². The van der Waals surface area contributed by atoms with Gasteiger partial charge in [0.2, 0.25) is 0 Å². The predicted octanol–water partition coefficient (Wildman–Crippen LogP) is 3.39. The van der Waals surface area contributed by atoms with Gasteiger partial charge in [0.15, 0.2) is 0 Å². The van der Waals surface area contributed by atoms with Crippen LogP contribution in [0.1, 0.15) is 17.0 Å². The van der Waals surface area contributed by atoms with Crippen molar-refractivity contribution in [1.82, 2.24) is 9.88 Å². The standard InChI is InChI=1S/C17H16ClN3O2/c1-10-8-12(11(2)20(10)3)9-15-16(22)21(17(23)19-15)14-6-4-13(18)5-7-14/h4-9H,1-3H3,(H,19,23)/b15-9+. The Hall–Kier alpha value is -2.53. The van der Waals surface area contributed by atoms with Gasteiger partial charge in [-0.25, -0.2) is 9.69 Å². The van der Waals surface area contributed by atoms with Crippen molar-refractivity contribution in [2.45, 2.75) is 13.8 Å². The molecule has 2 heterocycles. The smallest absolute Gasteiger partial charge is 0.333 e. The fraction of sp³-hybridized carbons (Fsp3) is 0.176. The summed E-state index contributed by atoms with van der Waals surface area (Å²) in [5.41, 5.74) is 3.77. The van der Waals surface area contributed by atoms with Crippen molar-refractivity contribution < 1.29 is 9.59 Å². The number of aryl methyl sites for hydroxylation is 1. The first-order valence-electron chi connectivity index (χ1n) is 7.14. The van der Waals surface area contributed by atoms with E-state index in [0.29, 0.717) is 10.7 Å². The van der Waals surface area contributed by atoms with E-state index in [4.69, 9.17) is 11.6 Å². The molecule has 3 amide bonds. The molecule has 118 valence electrons. The van der Waals surface area contributed by atoms with Gasteiger partial charge < -0.3 is 9.88 Å². The van der Waals surface area contributed by atoms with Crippen molar-refractivity contribution in [2.24, 2.45) is 7.05 Å². The zero-order valence-electron chi connectivity index (χ0n) is 13.1. The van der Waals surface area contributed by atoms with Crippen LogP contribution in [0.25, 0.3) is 6.08 Å². The number of aromatic nitrogens is 1. The number of carbonyl (C=O) groups excluding carboxylic acids is 2. The fourth-order valence-electron chi connectivity index (χ4n) is 2.55. The van der Waals surface area contributed by atoms with Crippen LogP contribution in [0.3, 0.4) is 0 Å². The highest BCUT2D eigenvalue weighted by Crippen LogP contribution is 2.25. The molecule has 0 atom stereocenters.